The number of hydrogen-bond acceptors (Lipinski definition) is 0. The second kappa shape index (κ2) is 9.38. The van der Waals surface area contributed by atoms with Gasteiger partial charge in [-0.3, -0.25) is 0 Å². The lowest BCUT2D eigenvalue weighted by Crippen LogP contribution is -2.03. The summed E-state index contributed by atoms with van der Waals surface area (Å²) in [6.45, 7) is 0. The van der Waals surface area contributed by atoms with Crippen LogP contribution < -0.4 is 0 Å². The van der Waals surface area contributed by atoms with Crippen LogP contribution in [0.15, 0.2) is 97.1 Å². The average Bonchev–Trinajstić information content (AvgIpc) is 2.87. The third-order valence-corrected chi connectivity index (χ3v) is 5.91. The molecule has 0 saturated carbocycles. The fourth-order valence-electron chi connectivity index (χ4n) is 4.24. The van der Waals surface area contributed by atoms with E-state index < -0.39 is 34.9 Å². The molecule has 36 heavy (non-hydrogen) atoms. The van der Waals surface area contributed by atoms with Gasteiger partial charge in [-0.05, 0) is 70.8 Å². The maximum atomic E-state index is 16.6. The van der Waals surface area contributed by atoms with E-state index in [9.17, 15) is 17.6 Å². The molecular formula is C30H16F6. The molecule has 0 heterocycles. The van der Waals surface area contributed by atoms with Crippen molar-refractivity contribution in [3.8, 4) is 44.5 Å². The van der Waals surface area contributed by atoms with E-state index in [4.69, 9.17) is 0 Å². The topological polar surface area (TPSA) is 0 Å². The molecule has 0 saturated heterocycles. The van der Waals surface area contributed by atoms with Crippen molar-refractivity contribution in [1.82, 2.24) is 0 Å². The van der Waals surface area contributed by atoms with Gasteiger partial charge in [0.15, 0.2) is 0 Å². The zero-order chi connectivity index (χ0) is 25.4. The number of halogens is 6. The number of hydrogen-bond donors (Lipinski definition) is 0. The molecule has 0 fully saturated rings. The van der Waals surface area contributed by atoms with Gasteiger partial charge in [0, 0.05) is 22.3 Å². The van der Waals surface area contributed by atoms with Crippen molar-refractivity contribution in [3.63, 3.8) is 0 Å². The Morgan fingerprint density at radius 2 is 0.417 bits per heavy atom. The fourth-order valence-corrected chi connectivity index (χ4v) is 4.24. The molecule has 178 valence electrons. The molecule has 0 aliphatic carbocycles. The lowest BCUT2D eigenvalue weighted by atomic mass is 9.84. The van der Waals surface area contributed by atoms with Crippen LogP contribution in [-0.2, 0) is 0 Å². The van der Waals surface area contributed by atoms with Gasteiger partial charge in [-0.25, -0.2) is 26.3 Å². The number of rotatable bonds is 4. The van der Waals surface area contributed by atoms with Crippen LogP contribution in [-0.4, -0.2) is 0 Å². The molecule has 5 aromatic carbocycles. The molecule has 6 heteroatoms. The van der Waals surface area contributed by atoms with Gasteiger partial charge in [0.2, 0.25) is 0 Å². The molecule has 5 rings (SSSR count). The van der Waals surface area contributed by atoms with Crippen LogP contribution in [0, 0.1) is 34.9 Å². The van der Waals surface area contributed by atoms with E-state index >= 15 is 8.78 Å². The van der Waals surface area contributed by atoms with Crippen molar-refractivity contribution < 1.29 is 26.3 Å². The molecule has 0 radical (unpaired) electrons. The van der Waals surface area contributed by atoms with Crippen LogP contribution in [0.4, 0.5) is 26.3 Å². The minimum Gasteiger partial charge on any atom is -0.207 e. The van der Waals surface area contributed by atoms with Gasteiger partial charge in [0.25, 0.3) is 0 Å². The Bertz CT molecular complexity index is 1300. The van der Waals surface area contributed by atoms with Crippen molar-refractivity contribution >= 4 is 0 Å². The van der Waals surface area contributed by atoms with Crippen molar-refractivity contribution in [1.29, 1.82) is 0 Å². The largest absolute Gasteiger partial charge is 0.207 e. The van der Waals surface area contributed by atoms with Crippen LogP contribution in [0.1, 0.15) is 0 Å². The fraction of sp³-hybridized carbons (Fsp3) is 0. The van der Waals surface area contributed by atoms with Crippen molar-refractivity contribution in [2.45, 2.75) is 0 Å². The second-order valence-corrected chi connectivity index (χ2v) is 8.16. The quantitative estimate of drug-likeness (QED) is 0.220. The van der Waals surface area contributed by atoms with Crippen LogP contribution in [0.25, 0.3) is 44.5 Å². The molecule has 0 bridgehead atoms. The second-order valence-electron chi connectivity index (χ2n) is 8.16. The highest BCUT2D eigenvalue weighted by molar-refractivity contribution is 5.96. The Balaban J connectivity index is 1.94. The molecule has 0 amide bonds. The summed E-state index contributed by atoms with van der Waals surface area (Å²) in [5.41, 5.74) is 0.0201. The Morgan fingerprint density at radius 1 is 0.250 bits per heavy atom. The van der Waals surface area contributed by atoms with Gasteiger partial charge < -0.3 is 0 Å². The summed E-state index contributed by atoms with van der Waals surface area (Å²) in [6.07, 6.45) is 0. The molecule has 0 nitrogen and oxygen atoms in total. The van der Waals surface area contributed by atoms with E-state index in [1.165, 1.54) is 48.5 Å². The summed E-state index contributed by atoms with van der Waals surface area (Å²) in [5.74, 6) is -3.97. The Labute approximate surface area is 203 Å². The highest BCUT2D eigenvalue weighted by Gasteiger charge is 2.28. The Morgan fingerprint density at radius 3 is 0.583 bits per heavy atom. The van der Waals surface area contributed by atoms with Gasteiger partial charge in [-0.2, -0.15) is 0 Å². The lowest BCUT2D eigenvalue weighted by molar-refractivity contribution is 0.610. The van der Waals surface area contributed by atoms with Crippen LogP contribution in [0.5, 0.6) is 0 Å². The smallest absolute Gasteiger partial charge is 0.140 e. The van der Waals surface area contributed by atoms with Crippen LogP contribution >= 0.6 is 0 Å². The first-order valence-electron chi connectivity index (χ1n) is 10.9. The SMILES string of the molecule is Fc1ccc(-c2c(F)c(-c3ccc(F)cc3)c(-c3ccc(F)cc3)c(F)c2-c2ccc(F)cc2)cc1. The normalized spacial score (nSPS) is 11.1. The molecule has 0 aliphatic heterocycles. The molecule has 0 atom stereocenters. The molecule has 0 spiro atoms. The summed E-state index contributed by atoms with van der Waals surface area (Å²) < 4.78 is 87.8. The Kier molecular flexibility index (Phi) is 6.10. The van der Waals surface area contributed by atoms with Crippen LogP contribution in [0.2, 0.25) is 0 Å². The van der Waals surface area contributed by atoms with Gasteiger partial charge in [0.1, 0.15) is 34.9 Å². The van der Waals surface area contributed by atoms with Crippen molar-refractivity contribution in [2.24, 2.45) is 0 Å². The molecule has 0 aromatic heterocycles. The molecular weight excluding hydrogens is 474 g/mol. The van der Waals surface area contributed by atoms with Crippen molar-refractivity contribution in [2.75, 3.05) is 0 Å². The molecule has 0 N–H and O–H groups in total. The highest BCUT2D eigenvalue weighted by atomic mass is 19.1. The highest BCUT2D eigenvalue weighted by Crippen LogP contribution is 2.47. The maximum absolute atomic E-state index is 16.6. The lowest BCUT2D eigenvalue weighted by Gasteiger charge is -2.21. The summed E-state index contributed by atoms with van der Waals surface area (Å²) in [4.78, 5) is 0. The monoisotopic (exact) mass is 490 g/mol. The van der Waals surface area contributed by atoms with Gasteiger partial charge >= 0.3 is 0 Å². The first-order chi connectivity index (χ1) is 17.3. The predicted octanol–water partition coefficient (Wildman–Crippen LogP) is 9.19. The van der Waals surface area contributed by atoms with Gasteiger partial charge in [0.05, 0.1) is 0 Å². The zero-order valence-corrected chi connectivity index (χ0v) is 18.5. The summed E-state index contributed by atoms with van der Waals surface area (Å²) in [5, 5.41) is 0. The third kappa shape index (κ3) is 4.26. The van der Waals surface area contributed by atoms with E-state index in [1.807, 2.05) is 0 Å². The first-order valence-corrected chi connectivity index (χ1v) is 10.9. The van der Waals surface area contributed by atoms with E-state index in [1.54, 1.807) is 0 Å². The van der Waals surface area contributed by atoms with Gasteiger partial charge in [-0.1, -0.05) is 48.5 Å². The molecule has 0 unspecified atom stereocenters. The maximum Gasteiger partial charge on any atom is 0.140 e. The van der Waals surface area contributed by atoms with Crippen molar-refractivity contribution in [3.05, 3.63) is 132 Å². The predicted molar refractivity (Wildman–Crippen MR) is 128 cm³/mol. The standard InChI is InChI=1S/C30H16F6/c31-21-9-1-17(2-10-21)25-26(18-3-11-22(32)12-4-18)30(36)28(20-7-15-24(34)16-8-20)27(29(25)35)19-5-13-23(33)14-6-19/h1-16H. The first kappa shape index (κ1) is 23.4. The average molecular weight is 490 g/mol. The molecule has 0 aliphatic rings. The van der Waals surface area contributed by atoms with Gasteiger partial charge in [-0.15, -0.1) is 0 Å². The summed E-state index contributed by atoms with van der Waals surface area (Å²) in [6, 6.07) is 19.4. The summed E-state index contributed by atoms with van der Waals surface area (Å²) >= 11 is 0. The van der Waals surface area contributed by atoms with E-state index in [2.05, 4.69) is 0 Å². The Hall–Kier alpha value is -4.32. The van der Waals surface area contributed by atoms with E-state index in [0.717, 1.165) is 48.5 Å². The van der Waals surface area contributed by atoms with E-state index in [0.29, 0.717) is 0 Å². The minimum absolute atomic E-state index is 0.177. The third-order valence-electron chi connectivity index (χ3n) is 5.91. The minimum atomic E-state index is -0.853. The summed E-state index contributed by atoms with van der Waals surface area (Å²) in [7, 11) is 0. The van der Waals surface area contributed by atoms with Crippen LogP contribution in [0.3, 0.4) is 0 Å². The molecule has 5 aromatic rings. The zero-order valence-electron chi connectivity index (χ0n) is 18.5. The number of benzene rings is 5. The van der Waals surface area contributed by atoms with E-state index in [-0.39, 0.29) is 44.5 Å².